The van der Waals surface area contributed by atoms with Crippen LogP contribution < -0.4 is 5.32 Å². The van der Waals surface area contributed by atoms with Crippen molar-refractivity contribution in [3.8, 4) is 0 Å². The van der Waals surface area contributed by atoms with Crippen LogP contribution in [0, 0.1) is 5.92 Å². The van der Waals surface area contributed by atoms with Crippen molar-refractivity contribution in [2.24, 2.45) is 10.9 Å². The Labute approximate surface area is 193 Å². The number of carbonyl (C=O) groups is 2. The second-order valence-electron chi connectivity index (χ2n) is 9.21. The lowest BCUT2D eigenvalue weighted by Crippen LogP contribution is -2.33. The lowest BCUT2D eigenvalue weighted by atomic mass is 9.92. The van der Waals surface area contributed by atoms with Gasteiger partial charge < -0.3 is 15.2 Å². The van der Waals surface area contributed by atoms with Crippen molar-refractivity contribution in [1.29, 1.82) is 0 Å². The van der Waals surface area contributed by atoms with Crippen LogP contribution in [-0.4, -0.2) is 34.4 Å². The molecule has 1 aliphatic rings. The Morgan fingerprint density at radius 3 is 2.50 bits per heavy atom. The number of carboxylic acids is 1. The molecule has 2 aromatic carbocycles. The van der Waals surface area contributed by atoms with E-state index in [1.54, 1.807) is 18.2 Å². The van der Waals surface area contributed by atoms with E-state index in [1.165, 1.54) is 0 Å². The molecule has 1 heterocycles. The van der Waals surface area contributed by atoms with Crippen molar-refractivity contribution in [3.63, 3.8) is 0 Å². The summed E-state index contributed by atoms with van der Waals surface area (Å²) in [7, 11) is 0. The minimum atomic E-state index is -0.982. The fraction of sp³-hybridized carbons (Fsp3) is 0.400. The number of esters is 1. The molecule has 0 bridgehead atoms. The minimum absolute atomic E-state index is 0.130. The summed E-state index contributed by atoms with van der Waals surface area (Å²) in [6.45, 7) is 7.61. The smallest absolute Gasteiger partial charge is 0.335 e. The Morgan fingerprint density at radius 1 is 1.19 bits per heavy atom. The molecule has 6 nitrogen and oxygen atoms in total. The zero-order chi connectivity index (χ0) is 23.5. The second kappa shape index (κ2) is 9.74. The number of fused-ring (bicyclic) bond motifs is 1. The third-order valence-electron chi connectivity index (χ3n) is 5.17. The maximum Gasteiger partial charge on any atom is 0.335 e. The van der Waals surface area contributed by atoms with E-state index in [1.807, 2.05) is 52.0 Å². The highest BCUT2D eigenvalue weighted by Gasteiger charge is 2.26. The topological polar surface area (TPSA) is 88.0 Å². The molecule has 0 saturated carbocycles. The highest BCUT2D eigenvalue weighted by atomic mass is 35.5. The number of ether oxygens (including phenoxy) is 1. The van der Waals surface area contributed by atoms with Gasteiger partial charge in [0.15, 0.2) is 0 Å². The summed E-state index contributed by atoms with van der Waals surface area (Å²) >= 11 is 6.06. The third kappa shape index (κ3) is 6.33. The highest BCUT2D eigenvalue weighted by molar-refractivity contribution is 6.30. The normalized spacial score (nSPS) is 16.4. The number of carboxylic acid groups (broad SMARTS) is 1. The van der Waals surface area contributed by atoms with E-state index < -0.39 is 11.6 Å². The molecule has 7 heteroatoms. The lowest BCUT2D eigenvalue weighted by molar-refractivity contribution is -0.155. The first-order chi connectivity index (χ1) is 15.0. The highest BCUT2D eigenvalue weighted by Crippen LogP contribution is 2.34. The zero-order valence-electron chi connectivity index (χ0n) is 18.8. The Bertz CT molecular complexity index is 1030. The molecule has 32 heavy (non-hydrogen) atoms. The second-order valence-corrected chi connectivity index (χ2v) is 9.65. The Hall–Kier alpha value is -2.86. The van der Waals surface area contributed by atoms with Crippen LogP contribution in [0.4, 0.5) is 11.4 Å². The number of rotatable bonds is 7. The third-order valence-corrected chi connectivity index (χ3v) is 5.42. The number of anilines is 1. The van der Waals surface area contributed by atoms with Crippen LogP contribution in [0.15, 0.2) is 47.5 Å². The van der Waals surface area contributed by atoms with E-state index in [9.17, 15) is 14.7 Å². The molecule has 2 atom stereocenters. The van der Waals surface area contributed by atoms with Gasteiger partial charge in [0.1, 0.15) is 5.60 Å². The van der Waals surface area contributed by atoms with Crippen molar-refractivity contribution in [2.75, 3.05) is 5.32 Å². The van der Waals surface area contributed by atoms with Gasteiger partial charge in [0.2, 0.25) is 0 Å². The van der Waals surface area contributed by atoms with E-state index in [2.05, 4.69) is 5.32 Å². The van der Waals surface area contributed by atoms with E-state index in [0.717, 1.165) is 24.1 Å². The summed E-state index contributed by atoms with van der Waals surface area (Å²) in [5.41, 5.74) is 2.90. The fourth-order valence-electron chi connectivity index (χ4n) is 3.66. The Morgan fingerprint density at radius 2 is 1.88 bits per heavy atom. The first kappa shape index (κ1) is 23.8. The van der Waals surface area contributed by atoms with Crippen LogP contribution >= 0.6 is 11.6 Å². The van der Waals surface area contributed by atoms with E-state index in [0.29, 0.717) is 22.8 Å². The number of hydrogen-bond donors (Lipinski definition) is 2. The summed E-state index contributed by atoms with van der Waals surface area (Å²) in [6.07, 6.45) is 1.84. The van der Waals surface area contributed by atoms with E-state index >= 15 is 0 Å². The summed E-state index contributed by atoms with van der Waals surface area (Å²) in [5, 5.41) is 13.4. The average molecular weight is 457 g/mol. The maximum absolute atomic E-state index is 12.2. The van der Waals surface area contributed by atoms with Crippen molar-refractivity contribution in [1.82, 2.24) is 0 Å². The number of aromatic carboxylic acids is 1. The number of nitrogens with one attached hydrogen (secondary N) is 1. The monoisotopic (exact) mass is 456 g/mol. The van der Waals surface area contributed by atoms with Crippen LogP contribution in [0.3, 0.4) is 0 Å². The molecule has 3 rings (SSSR count). The first-order valence-electron chi connectivity index (χ1n) is 10.7. The molecule has 2 aromatic rings. The summed E-state index contributed by atoms with van der Waals surface area (Å²) < 4.78 is 5.44. The number of nitrogens with zero attached hydrogens (tertiary/aromatic N) is 1. The fourth-order valence-corrected chi connectivity index (χ4v) is 3.79. The van der Waals surface area contributed by atoms with Gasteiger partial charge in [-0.15, -0.1) is 0 Å². The standard InChI is InChI=1S/C25H29ClN2O4/c1-15(13-22(29)32-25(2,3)4)5-11-20-23(16-6-9-18(26)10-7-16)28-19-12-8-17(24(30)31)14-21(19)27-20/h6-10,12,14-15,20,27H,5,11,13H2,1-4H3,(H,30,31). The Kier molecular flexibility index (Phi) is 7.24. The van der Waals surface area contributed by atoms with Crippen LogP contribution in [0.2, 0.25) is 5.02 Å². The summed E-state index contributed by atoms with van der Waals surface area (Å²) in [6, 6.07) is 12.2. The molecular formula is C25H29ClN2O4. The predicted octanol–water partition coefficient (Wildman–Crippen LogP) is 6.10. The van der Waals surface area contributed by atoms with Crippen LogP contribution in [0.25, 0.3) is 0 Å². The quantitative estimate of drug-likeness (QED) is 0.491. The van der Waals surface area contributed by atoms with E-state index in [-0.39, 0.29) is 23.5 Å². The largest absolute Gasteiger partial charge is 0.478 e. The van der Waals surface area contributed by atoms with Gasteiger partial charge in [-0.1, -0.05) is 30.7 Å². The molecule has 0 saturated heterocycles. The predicted molar refractivity (Wildman–Crippen MR) is 127 cm³/mol. The minimum Gasteiger partial charge on any atom is -0.478 e. The summed E-state index contributed by atoms with van der Waals surface area (Å²) in [4.78, 5) is 28.4. The molecule has 0 aliphatic carbocycles. The SMILES string of the molecule is CC(CCC1Nc2cc(C(=O)O)ccc2N=C1c1ccc(Cl)cc1)CC(=O)OC(C)(C)C. The van der Waals surface area contributed by atoms with Crippen LogP contribution in [0.5, 0.6) is 0 Å². The first-order valence-corrected chi connectivity index (χ1v) is 11.1. The zero-order valence-corrected chi connectivity index (χ0v) is 19.6. The van der Waals surface area contributed by atoms with Crippen molar-refractivity contribution < 1.29 is 19.4 Å². The molecule has 0 fully saturated rings. The number of hydrogen-bond acceptors (Lipinski definition) is 5. The number of aliphatic imine (C=N–C) groups is 1. The van der Waals surface area contributed by atoms with Gasteiger partial charge in [-0.3, -0.25) is 4.79 Å². The molecule has 0 amide bonds. The molecule has 1 aliphatic heterocycles. The van der Waals surface area contributed by atoms with Gasteiger partial charge in [-0.2, -0.15) is 0 Å². The van der Waals surface area contributed by atoms with Gasteiger partial charge in [0.25, 0.3) is 0 Å². The molecule has 0 aromatic heterocycles. The molecule has 0 radical (unpaired) electrons. The van der Waals surface area contributed by atoms with Crippen molar-refractivity contribution >= 4 is 40.6 Å². The lowest BCUT2D eigenvalue weighted by Gasteiger charge is -2.29. The molecular weight excluding hydrogens is 428 g/mol. The van der Waals surface area contributed by atoms with Crippen molar-refractivity contribution in [2.45, 2.75) is 58.6 Å². The summed E-state index contributed by atoms with van der Waals surface area (Å²) in [5.74, 6) is -1.06. The molecule has 0 spiro atoms. The van der Waals surface area contributed by atoms with Crippen LogP contribution in [-0.2, 0) is 9.53 Å². The Balaban J connectivity index is 1.79. The van der Waals surface area contributed by atoms with Crippen molar-refractivity contribution in [3.05, 3.63) is 58.6 Å². The number of carbonyl (C=O) groups excluding carboxylic acids is 1. The number of halogens is 1. The van der Waals surface area contributed by atoms with Gasteiger partial charge in [0.05, 0.1) is 28.7 Å². The van der Waals surface area contributed by atoms with Gasteiger partial charge in [-0.25, -0.2) is 9.79 Å². The van der Waals surface area contributed by atoms with E-state index in [4.69, 9.17) is 21.3 Å². The maximum atomic E-state index is 12.2. The van der Waals surface area contributed by atoms with Gasteiger partial charge >= 0.3 is 11.9 Å². The number of benzene rings is 2. The van der Waals surface area contributed by atoms with Gasteiger partial charge in [0, 0.05) is 11.4 Å². The van der Waals surface area contributed by atoms with Crippen LogP contribution in [0.1, 0.15) is 62.9 Å². The van der Waals surface area contributed by atoms with Gasteiger partial charge in [-0.05, 0) is 75.4 Å². The molecule has 2 N–H and O–H groups in total. The molecule has 170 valence electrons. The average Bonchev–Trinajstić information content (AvgIpc) is 2.70. The molecule has 2 unspecified atom stereocenters.